The van der Waals surface area contributed by atoms with Crippen molar-refractivity contribution in [1.29, 1.82) is 0 Å². The van der Waals surface area contributed by atoms with E-state index in [1.165, 1.54) is 0 Å². The van der Waals surface area contributed by atoms with Crippen molar-refractivity contribution >= 4 is 11.9 Å². The van der Waals surface area contributed by atoms with Gasteiger partial charge in [0.2, 0.25) is 11.9 Å². The number of amides is 1. The molecule has 6 heteroatoms. The summed E-state index contributed by atoms with van der Waals surface area (Å²) in [6.45, 7) is 0. The zero-order valence-electron chi connectivity index (χ0n) is 11.1. The third-order valence-electron chi connectivity index (χ3n) is 3.09. The van der Waals surface area contributed by atoms with Crippen LogP contribution in [0.4, 0.5) is 5.95 Å². The topological polar surface area (TPSA) is 99.8 Å². The first-order valence-electron chi connectivity index (χ1n) is 6.31. The molecule has 6 nitrogen and oxygen atoms in total. The Balaban J connectivity index is 2.16. The minimum absolute atomic E-state index is 0.166. The van der Waals surface area contributed by atoms with Gasteiger partial charge < -0.3 is 16.0 Å². The lowest BCUT2D eigenvalue weighted by Gasteiger charge is -2.10. The standard InChI is InChI=1S/C15H13N5O/c16-13(21)11-6-7-20(9-11)14-12(8-18-15(17)19-14)10-4-2-1-3-5-10/h1-9H,(H2,16,21)(H2,17,18,19). The number of rotatable bonds is 3. The summed E-state index contributed by atoms with van der Waals surface area (Å²) in [5.41, 5.74) is 13.1. The Bertz CT molecular complexity index is 795. The van der Waals surface area contributed by atoms with E-state index in [0.717, 1.165) is 11.1 Å². The Morgan fingerprint density at radius 3 is 2.57 bits per heavy atom. The summed E-state index contributed by atoms with van der Waals surface area (Å²) in [5.74, 6) is 0.275. The molecule has 0 aliphatic heterocycles. The summed E-state index contributed by atoms with van der Waals surface area (Å²) in [6, 6.07) is 11.3. The number of nitrogen functional groups attached to an aromatic ring is 1. The molecule has 104 valence electrons. The van der Waals surface area contributed by atoms with Gasteiger partial charge in [0.15, 0.2) is 0 Å². The molecule has 0 unspecified atom stereocenters. The fraction of sp³-hybridized carbons (Fsp3) is 0. The maximum atomic E-state index is 11.2. The summed E-state index contributed by atoms with van der Waals surface area (Å²) >= 11 is 0. The molecule has 21 heavy (non-hydrogen) atoms. The molecule has 3 aromatic rings. The van der Waals surface area contributed by atoms with Crippen LogP contribution in [0.5, 0.6) is 0 Å². The summed E-state index contributed by atoms with van der Waals surface area (Å²) in [4.78, 5) is 19.5. The second-order valence-electron chi connectivity index (χ2n) is 4.50. The zero-order chi connectivity index (χ0) is 14.8. The molecule has 1 aromatic carbocycles. The van der Waals surface area contributed by atoms with Gasteiger partial charge in [0.25, 0.3) is 0 Å². The van der Waals surface area contributed by atoms with E-state index >= 15 is 0 Å². The van der Waals surface area contributed by atoms with Crippen LogP contribution in [0.3, 0.4) is 0 Å². The number of anilines is 1. The summed E-state index contributed by atoms with van der Waals surface area (Å²) < 4.78 is 1.71. The number of hydrogen-bond donors (Lipinski definition) is 2. The molecule has 2 heterocycles. The highest BCUT2D eigenvalue weighted by Crippen LogP contribution is 2.25. The van der Waals surface area contributed by atoms with Crippen LogP contribution in [0.2, 0.25) is 0 Å². The highest BCUT2D eigenvalue weighted by Gasteiger charge is 2.12. The van der Waals surface area contributed by atoms with Crippen LogP contribution in [0.15, 0.2) is 55.0 Å². The highest BCUT2D eigenvalue weighted by atomic mass is 16.1. The largest absolute Gasteiger partial charge is 0.368 e. The maximum absolute atomic E-state index is 11.2. The van der Waals surface area contributed by atoms with E-state index in [2.05, 4.69) is 9.97 Å². The van der Waals surface area contributed by atoms with E-state index < -0.39 is 5.91 Å². The van der Waals surface area contributed by atoms with Crippen molar-refractivity contribution in [2.75, 3.05) is 5.73 Å². The van der Waals surface area contributed by atoms with Crippen LogP contribution in [0.1, 0.15) is 10.4 Å². The molecule has 4 N–H and O–H groups in total. The van der Waals surface area contributed by atoms with Gasteiger partial charge in [-0.05, 0) is 11.6 Å². The zero-order valence-corrected chi connectivity index (χ0v) is 11.1. The van der Waals surface area contributed by atoms with Crippen LogP contribution in [-0.2, 0) is 0 Å². The molecule has 0 radical (unpaired) electrons. The van der Waals surface area contributed by atoms with Gasteiger partial charge in [0.1, 0.15) is 5.82 Å². The van der Waals surface area contributed by atoms with E-state index in [9.17, 15) is 4.79 Å². The molecule has 2 aromatic heterocycles. The summed E-state index contributed by atoms with van der Waals surface area (Å²) in [7, 11) is 0. The predicted molar refractivity (Wildman–Crippen MR) is 79.7 cm³/mol. The van der Waals surface area contributed by atoms with Gasteiger partial charge in [-0.2, -0.15) is 4.98 Å². The maximum Gasteiger partial charge on any atom is 0.250 e. The molecule has 0 atom stereocenters. The van der Waals surface area contributed by atoms with Gasteiger partial charge in [-0.1, -0.05) is 30.3 Å². The lowest BCUT2D eigenvalue weighted by molar-refractivity contribution is 0.100. The average Bonchev–Trinajstić information content (AvgIpc) is 2.98. The van der Waals surface area contributed by atoms with Crippen molar-refractivity contribution in [3.05, 3.63) is 60.6 Å². The van der Waals surface area contributed by atoms with Gasteiger partial charge in [-0.3, -0.25) is 4.79 Å². The first-order chi connectivity index (χ1) is 10.1. The van der Waals surface area contributed by atoms with E-state index in [0.29, 0.717) is 11.4 Å². The SMILES string of the molecule is NC(=O)c1ccn(-c2nc(N)ncc2-c2ccccc2)c1. The quantitative estimate of drug-likeness (QED) is 0.760. The number of nitrogens with two attached hydrogens (primary N) is 2. The van der Waals surface area contributed by atoms with Crippen LogP contribution in [0, 0.1) is 0 Å². The van der Waals surface area contributed by atoms with Crippen molar-refractivity contribution in [2.45, 2.75) is 0 Å². The second-order valence-corrected chi connectivity index (χ2v) is 4.50. The number of benzene rings is 1. The minimum Gasteiger partial charge on any atom is -0.368 e. The number of nitrogens with zero attached hydrogens (tertiary/aromatic N) is 3. The third-order valence-corrected chi connectivity index (χ3v) is 3.09. The molecule has 0 saturated heterocycles. The lowest BCUT2D eigenvalue weighted by atomic mass is 10.1. The van der Waals surface area contributed by atoms with Crippen molar-refractivity contribution < 1.29 is 4.79 Å². The normalized spacial score (nSPS) is 10.5. The highest BCUT2D eigenvalue weighted by molar-refractivity contribution is 5.92. The Morgan fingerprint density at radius 2 is 1.90 bits per heavy atom. The van der Waals surface area contributed by atoms with Crippen molar-refractivity contribution in [3.63, 3.8) is 0 Å². The molecule has 0 spiro atoms. The van der Waals surface area contributed by atoms with Crippen LogP contribution < -0.4 is 11.5 Å². The van der Waals surface area contributed by atoms with Gasteiger partial charge >= 0.3 is 0 Å². The van der Waals surface area contributed by atoms with Gasteiger partial charge in [0.05, 0.1) is 5.56 Å². The molecule has 0 aliphatic carbocycles. The Hall–Kier alpha value is -3.15. The molecule has 3 rings (SSSR count). The average molecular weight is 279 g/mol. The Morgan fingerprint density at radius 1 is 1.14 bits per heavy atom. The van der Waals surface area contributed by atoms with Crippen molar-refractivity contribution in [3.8, 4) is 16.9 Å². The first-order valence-corrected chi connectivity index (χ1v) is 6.31. The Kier molecular flexibility index (Phi) is 3.12. The van der Waals surface area contributed by atoms with Crippen LogP contribution >= 0.6 is 0 Å². The van der Waals surface area contributed by atoms with Crippen LogP contribution in [-0.4, -0.2) is 20.4 Å². The number of carbonyl (C=O) groups excluding carboxylic acids is 1. The first kappa shape index (κ1) is 12.9. The smallest absolute Gasteiger partial charge is 0.250 e. The molecule has 0 fully saturated rings. The van der Waals surface area contributed by atoms with Gasteiger partial charge in [-0.25, -0.2) is 4.98 Å². The molecule has 1 amide bonds. The monoisotopic (exact) mass is 279 g/mol. The van der Waals surface area contributed by atoms with E-state index in [1.807, 2.05) is 30.3 Å². The van der Waals surface area contributed by atoms with Crippen LogP contribution in [0.25, 0.3) is 16.9 Å². The number of primary amides is 1. The predicted octanol–water partition coefficient (Wildman–Crippen LogP) is 1.62. The fourth-order valence-corrected chi connectivity index (χ4v) is 2.08. The molecular formula is C15H13N5O. The fourth-order valence-electron chi connectivity index (χ4n) is 2.08. The lowest BCUT2D eigenvalue weighted by Crippen LogP contribution is -2.10. The van der Waals surface area contributed by atoms with E-state index in [4.69, 9.17) is 11.5 Å². The van der Waals surface area contributed by atoms with Crippen molar-refractivity contribution in [2.24, 2.45) is 5.73 Å². The summed E-state index contributed by atoms with van der Waals surface area (Å²) in [5, 5.41) is 0. The number of hydrogen-bond acceptors (Lipinski definition) is 4. The van der Waals surface area contributed by atoms with E-state index in [-0.39, 0.29) is 5.95 Å². The summed E-state index contributed by atoms with van der Waals surface area (Å²) in [6.07, 6.45) is 5.00. The van der Waals surface area contributed by atoms with Gasteiger partial charge in [-0.15, -0.1) is 0 Å². The van der Waals surface area contributed by atoms with Crippen molar-refractivity contribution in [1.82, 2.24) is 14.5 Å². The minimum atomic E-state index is -0.489. The van der Waals surface area contributed by atoms with E-state index in [1.54, 1.807) is 29.2 Å². The third kappa shape index (κ3) is 2.46. The van der Waals surface area contributed by atoms with Gasteiger partial charge in [0, 0.05) is 24.2 Å². The number of carbonyl (C=O) groups is 1. The second kappa shape index (κ2) is 5.09. The molecular weight excluding hydrogens is 266 g/mol. The molecule has 0 saturated carbocycles. The molecule has 0 bridgehead atoms. The number of aromatic nitrogens is 3. The Labute approximate surface area is 121 Å². The molecule has 0 aliphatic rings.